The van der Waals surface area contributed by atoms with Crippen LogP contribution in [0.25, 0.3) is 0 Å². The Hall–Kier alpha value is -1.03. The zero-order chi connectivity index (χ0) is 14.0. The highest BCUT2D eigenvalue weighted by molar-refractivity contribution is 5.34. The molecule has 4 heteroatoms. The van der Waals surface area contributed by atoms with Gasteiger partial charge in [-0.2, -0.15) is 13.2 Å². The second-order valence-corrected chi connectivity index (χ2v) is 4.96. The van der Waals surface area contributed by atoms with Crippen LogP contribution < -0.4 is 0 Å². The van der Waals surface area contributed by atoms with Gasteiger partial charge < -0.3 is 5.11 Å². The topological polar surface area (TPSA) is 20.2 Å². The number of hydrogen-bond donors (Lipinski definition) is 1. The summed E-state index contributed by atoms with van der Waals surface area (Å²) >= 11 is 0. The lowest BCUT2D eigenvalue weighted by Crippen LogP contribution is -2.30. The van der Waals surface area contributed by atoms with Crippen LogP contribution in [0.1, 0.15) is 50.7 Å². The summed E-state index contributed by atoms with van der Waals surface area (Å²) < 4.78 is 37.5. The first kappa shape index (κ1) is 15.0. The fourth-order valence-corrected chi connectivity index (χ4v) is 2.12. The molecule has 0 aliphatic heterocycles. The Bertz CT molecular complexity index is 396. The van der Waals surface area contributed by atoms with Gasteiger partial charge >= 0.3 is 6.18 Å². The summed E-state index contributed by atoms with van der Waals surface area (Å²) in [6.45, 7) is 5.14. The molecule has 1 aromatic rings. The highest BCUT2D eigenvalue weighted by atomic mass is 19.4. The second-order valence-electron chi connectivity index (χ2n) is 4.96. The molecule has 0 fully saturated rings. The smallest absolute Gasteiger partial charge is 0.385 e. The van der Waals surface area contributed by atoms with E-state index in [1.807, 2.05) is 13.8 Å². The lowest BCUT2D eigenvalue weighted by atomic mass is 9.83. The summed E-state index contributed by atoms with van der Waals surface area (Å²) in [6, 6.07) is 6.81. The van der Waals surface area contributed by atoms with E-state index in [-0.39, 0.29) is 5.92 Å². The molecular weight excluding hydrogens is 241 g/mol. The van der Waals surface area contributed by atoms with Crippen LogP contribution in [0.15, 0.2) is 24.3 Å². The number of hydrogen-bond acceptors (Lipinski definition) is 1. The van der Waals surface area contributed by atoms with E-state index in [9.17, 15) is 18.3 Å². The molecule has 102 valence electrons. The fourth-order valence-electron chi connectivity index (χ4n) is 2.12. The molecule has 1 aromatic carbocycles. The van der Waals surface area contributed by atoms with Gasteiger partial charge in [0.05, 0.1) is 12.0 Å². The van der Waals surface area contributed by atoms with Crippen molar-refractivity contribution in [3.63, 3.8) is 0 Å². The van der Waals surface area contributed by atoms with Crippen molar-refractivity contribution in [1.29, 1.82) is 0 Å². The van der Waals surface area contributed by atoms with Crippen molar-refractivity contribution < 1.29 is 18.3 Å². The predicted molar refractivity (Wildman–Crippen MR) is 65.4 cm³/mol. The number of aliphatic hydroxyl groups is 1. The van der Waals surface area contributed by atoms with Crippen LogP contribution in [0.4, 0.5) is 13.2 Å². The molecule has 2 unspecified atom stereocenters. The zero-order valence-corrected chi connectivity index (χ0v) is 10.9. The largest absolute Gasteiger partial charge is 0.392 e. The van der Waals surface area contributed by atoms with Crippen molar-refractivity contribution in [2.75, 3.05) is 0 Å². The highest BCUT2D eigenvalue weighted by Crippen LogP contribution is 2.38. The van der Waals surface area contributed by atoms with Crippen LogP contribution in [0, 0.1) is 0 Å². The Morgan fingerprint density at radius 2 is 1.78 bits per heavy atom. The maximum absolute atomic E-state index is 12.5. The minimum atomic E-state index is -4.38. The summed E-state index contributed by atoms with van der Waals surface area (Å²) in [6.07, 6.45) is -4.79. The zero-order valence-electron chi connectivity index (χ0n) is 10.9. The van der Waals surface area contributed by atoms with Crippen LogP contribution in [0.3, 0.4) is 0 Å². The highest BCUT2D eigenvalue weighted by Gasteiger charge is 2.40. The van der Waals surface area contributed by atoms with Crippen LogP contribution in [0.2, 0.25) is 0 Å². The molecule has 0 amide bonds. The summed E-state index contributed by atoms with van der Waals surface area (Å²) in [7, 11) is 0. The normalized spacial score (nSPS) is 17.3. The van der Waals surface area contributed by atoms with Crippen molar-refractivity contribution in [1.82, 2.24) is 0 Å². The third-order valence-electron chi connectivity index (χ3n) is 3.23. The lowest BCUT2D eigenvalue weighted by molar-refractivity contribution is -0.174. The van der Waals surface area contributed by atoms with E-state index in [0.29, 0.717) is 5.56 Å². The molecular formula is C14H19F3O. The van der Waals surface area contributed by atoms with Gasteiger partial charge in [-0.15, -0.1) is 0 Å². The van der Waals surface area contributed by atoms with Crippen LogP contribution >= 0.6 is 0 Å². The Kier molecular flexibility index (Phi) is 4.43. The monoisotopic (exact) mass is 260 g/mol. The molecule has 1 N–H and O–H groups in total. The standard InChI is InChI=1S/C14H19F3O/c1-4-10(2)11-7-5-6-8-12(11)13(3,18)9-14(15,16)17/h5-8,10,18H,4,9H2,1-3H3. The molecule has 2 atom stereocenters. The van der Waals surface area contributed by atoms with E-state index < -0.39 is 18.2 Å². The maximum Gasteiger partial charge on any atom is 0.392 e. The Labute approximate surface area is 106 Å². The third kappa shape index (κ3) is 3.73. The Balaban J connectivity index is 3.15. The first-order chi connectivity index (χ1) is 8.17. The van der Waals surface area contributed by atoms with Crippen LogP contribution in [-0.2, 0) is 5.60 Å². The molecule has 0 spiro atoms. The Morgan fingerprint density at radius 1 is 1.22 bits per heavy atom. The summed E-state index contributed by atoms with van der Waals surface area (Å²) in [5, 5.41) is 10.1. The van der Waals surface area contributed by atoms with Crippen molar-refractivity contribution in [2.45, 2.75) is 51.3 Å². The molecule has 0 saturated carbocycles. The predicted octanol–water partition coefficient (Wildman–Crippen LogP) is 4.36. The average molecular weight is 260 g/mol. The van der Waals surface area contributed by atoms with Gasteiger partial charge in [0.2, 0.25) is 0 Å². The molecule has 1 nitrogen and oxygen atoms in total. The molecule has 0 aliphatic carbocycles. The molecule has 1 rings (SSSR count). The molecule has 18 heavy (non-hydrogen) atoms. The van der Waals surface area contributed by atoms with Crippen molar-refractivity contribution in [3.05, 3.63) is 35.4 Å². The molecule has 0 radical (unpaired) electrons. The third-order valence-corrected chi connectivity index (χ3v) is 3.23. The molecule has 0 bridgehead atoms. The van der Waals surface area contributed by atoms with E-state index >= 15 is 0 Å². The summed E-state index contributed by atoms with van der Waals surface area (Å²) in [5.74, 6) is 0.126. The molecule has 0 saturated heterocycles. The number of halogens is 3. The Morgan fingerprint density at radius 3 is 2.28 bits per heavy atom. The summed E-state index contributed by atoms with van der Waals surface area (Å²) in [5.41, 5.74) is -0.718. The van der Waals surface area contributed by atoms with E-state index in [0.717, 1.165) is 12.0 Å². The van der Waals surface area contributed by atoms with Gasteiger partial charge in [0, 0.05) is 0 Å². The van der Waals surface area contributed by atoms with E-state index in [2.05, 4.69) is 0 Å². The quantitative estimate of drug-likeness (QED) is 0.852. The second kappa shape index (κ2) is 5.31. The number of rotatable bonds is 4. The van der Waals surface area contributed by atoms with E-state index in [1.165, 1.54) is 6.92 Å². The fraction of sp³-hybridized carbons (Fsp3) is 0.571. The summed E-state index contributed by atoms with van der Waals surface area (Å²) in [4.78, 5) is 0. The van der Waals surface area contributed by atoms with Gasteiger partial charge in [-0.1, -0.05) is 38.1 Å². The van der Waals surface area contributed by atoms with Gasteiger partial charge in [-0.3, -0.25) is 0 Å². The van der Waals surface area contributed by atoms with Crippen LogP contribution in [0.5, 0.6) is 0 Å². The number of benzene rings is 1. The number of alkyl halides is 3. The SMILES string of the molecule is CCC(C)c1ccccc1C(C)(O)CC(F)(F)F. The first-order valence-electron chi connectivity index (χ1n) is 6.06. The van der Waals surface area contributed by atoms with Crippen molar-refractivity contribution in [2.24, 2.45) is 0 Å². The van der Waals surface area contributed by atoms with Gasteiger partial charge in [0.25, 0.3) is 0 Å². The first-order valence-corrected chi connectivity index (χ1v) is 6.06. The van der Waals surface area contributed by atoms with Gasteiger partial charge in [-0.05, 0) is 30.4 Å². The minimum Gasteiger partial charge on any atom is -0.385 e. The van der Waals surface area contributed by atoms with E-state index in [4.69, 9.17) is 0 Å². The van der Waals surface area contributed by atoms with Crippen molar-refractivity contribution >= 4 is 0 Å². The molecule has 0 aliphatic rings. The van der Waals surface area contributed by atoms with Gasteiger partial charge in [0.15, 0.2) is 0 Å². The van der Waals surface area contributed by atoms with Crippen molar-refractivity contribution in [3.8, 4) is 0 Å². The van der Waals surface area contributed by atoms with Crippen LogP contribution in [-0.4, -0.2) is 11.3 Å². The molecule has 0 heterocycles. The minimum absolute atomic E-state index is 0.126. The maximum atomic E-state index is 12.5. The van der Waals surface area contributed by atoms with E-state index in [1.54, 1.807) is 24.3 Å². The average Bonchev–Trinajstić information content (AvgIpc) is 2.25. The van der Waals surface area contributed by atoms with Gasteiger partial charge in [0.1, 0.15) is 0 Å². The van der Waals surface area contributed by atoms with Gasteiger partial charge in [-0.25, -0.2) is 0 Å². The lowest BCUT2D eigenvalue weighted by Gasteiger charge is -2.29. The molecule has 0 aromatic heterocycles.